The second-order valence-electron chi connectivity index (χ2n) is 5.22. The van der Waals surface area contributed by atoms with E-state index in [1.165, 1.54) is 0 Å². The first-order valence-electron chi connectivity index (χ1n) is 8.21. The third kappa shape index (κ3) is 5.76. The molecule has 2 rings (SSSR count). The molecule has 0 fully saturated rings. The van der Waals surface area contributed by atoms with Crippen molar-refractivity contribution in [1.82, 2.24) is 0 Å². The molecule has 5 nitrogen and oxygen atoms in total. The number of anilines is 2. The van der Waals surface area contributed by atoms with E-state index < -0.39 is 0 Å². The Morgan fingerprint density at radius 3 is 2.44 bits per heavy atom. The van der Waals surface area contributed by atoms with Crippen LogP contribution in [-0.4, -0.2) is 24.3 Å². The van der Waals surface area contributed by atoms with Gasteiger partial charge in [-0.15, -0.1) is 0 Å². The lowest BCUT2D eigenvalue weighted by Crippen LogP contribution is -2.19. The van der Waals surface area contributed by atoms with Crippen LogP contribution in [0.15, 0.2) is 48.5 Å². The number of thiocarbonyl (C=S) groups is 1. The van der Waals surface area contributed by atoms with Crippen LogP contribution in [0.1, 0.15) is 30.6 Å². The fraction of sp³-hybridized carbons (Fsp3) is 0.263. The van der Waals surface area contributed by atoms with Gasteiger partial charge in [-0.1, -0.05) is 19.1 Å². The summed E-state index contributed by atoms with van der Waals surface area (Å²) in [6.07, 6.45) is 0.800. The van der Waals surface area contributed by atoms with E-state index in [0.29, 0.717) is 23.9 Å². The summed E-state index contributed by atoms with van der Waals surface area (Å²) in [5.74, 6) is 0.419. The Balaban J connectivity index is 1.96. The van der Waals surface area contributed by atoms with E-state index in [0.717, 1.165) is 23.5 Å². The Hall–Kier alpha value is -2.60. The highest BCUT2D eigenvalue weighted by Gasteiger charge is 2.08. The summed E-state index contributed by atoms with van der Waals surface area (Å²) in [5, 5.41) is 6.63. The van der Waals surface area contributed by atoms with E-state index in [9.17, 15) is 4.79 Å². The van der Waals surface area contributed by atoms with Gasteiger partial charge in [-0.05, 0) is 62.0 Å². The predicted octanol–water partition coefficient (Wildman–Crippen LogP) is 4.46. The van der Waals surface area contributed by atoms with Gasteiger partial charge in [0.2, 0.25) is 0 Å². The molecule has 0 saturated heterocycles. The highest BCUT2D eigenvalue weighted by Crippen LogP contribution is 2.24. The van der Waals surface area contributed by atoms with E-state index in [1.54, 1.807) is 24.3 Å². The quantitative estimate of drug-likeness (QED) is 0.563. The zero-order valence-corrected chi connectivity index (χ0v) is 15.2. The zero-order chi connectivity index (χ0) is 18.1. The fourth-order valence-corrected chi connectivity index (χ4v) is 2.33. The molecule has 0 saturated carbocycles. The molecule has 0 atom stereocenters. The molecular weight excluding hydrogens is 336 g/mol. The Bertz CT molecular complexity index is 717. The number of carbonyl (C=O) groups is 1. The van der Waals surface area contributed by atoms with Gasteiger partial charge in [0.1, 0.15) is 5.75 Å². The van der Waals surface area contributed by atoms with E-state index in [-0.39, 0.29) is 5.97 Å². The van der Waals surface area contributed by atoms with Crippen molar-refractivity contribution in [2.24, 2.45) is 0 Å². The minimum atomic E-state index is -0.320. The van der Waals surface area contributed by atoms with Crippen molar-refractivity contribution >= 4 is 34.7 Å². The fourth-order valence-electron chi connectivity index (χ4n) is 2.10. The highest BCUT2D eigenvalue weighted by molar-refractivity contribution is 7.80. The minimum Gasteiger partial charge on any atom is -0.492 e. The number of rotatable bonds is 7. The molecule has 0 heterocycles. The van der Waals surface area contributed by atoms with Crippen LogP contribution < -0.4 is 15.4 Å². The van der Waals surface area contributed by atoms with Crippen molar-refractivity contribution in [1.29, 1.82) is 0 Å². The zero-order valence-electron chi connectivity index (χ0n) is 14.4. The average molecular weight is 358 g/mol. The van der Waals surface area contributed by atoms with Gasteiger partial charge in [0.15, 0.2) is 5.11 Å². The third-order valence-corrected chi connectivity index (χ3v) is 3.45. The molecule has 2 N–H and O–H groups in total. The van der Waals surface area contributed by atoms with Crippen LogP contribution in [0.5, 0.6) is 5.75 Å². The number of carbonyl (C=O) groups excluding carboxylic acids is 1. The summed E-state index contributed by atoms with van der Waals surface area (Å²) >= 11 is 5.33. The van der Waals surface area contributed by atoms with E-state index >= 15 is 0 Å². The molecule has 0 amide bonds. The third-order valence-electron chi connectivity index (χ3n) is 3.25. The summed E-state index contributed by atoms with van der Waals surface area (Å²) < 4.78 is 10.7. The number of hydrogen-bond acceptors (Lipinski definition) is 4. The summed E-state index contributed by atoms with van der Waals surface area (Å²) in [4.78, 5) is 11.8. The van der Waals surface area contributed by atoms with Crippen LogP contribution in [0.4, 0.5) is 11.4 Å². The van der Waals surface area contributed by atoms with Crippen molar-refractivity contribution in [2.45, 2.75) is 20.3 Å². The summed E-state index contributed by atoms with van der Waals surface area (Å²) in [6.45, 7) is 4.89. The molecule has 132 valence electrons. The maximum Gasteiger partial charge on any atom is 0.338 e. The Labute approximate surface area is 153 Å². The molecular formula is C19H22N2O3S. The lowest BCUT2D eigenvalue weighted by molar-refractivity contribution is 0.0505. The molecule has 0 aliphatic rings. The second-order valence-corrected chi connectivity index (χ2v) is 5.63. The number of ether oxygens (including phenoxy) is 2. The molecule has 6 heteroatoms. The number of benzene rings is 2. The van der Waals surface area contributed by atoms with Crippen LogP contribution >= 0.6 is 12.2 Å². The molecule has 0 spiro atoms. The van der Waals surface area contributed by atoms with Crippen molar-refractivity contribution in [2.75, 3.05) is 23.8 Å². The Kier molecular flexibility index (Phi) is 7.22. The number of esters is 1. The van der Waals surface area contributed by atoms with Crippen molar-refractivity contribution < 1.29 is 14.3 Å². The first-order valence-corrected chi connectivity index (χ1v) is 8.62. The standard InChI is InChI=1S/C19H22N2O3S/c1-3-13-24-18(22)14-9-11-15(12-10-14)20-19(25)21-16-7-5-6-8-17(16)23-4-2/h5-12H,3-4,13H2,1-2H3,(H2,20,21,25). The van der Waals surface area contributed by atoms with Crippen LogP contribution in [0.3, 0.4) is 0 Å². The van der Waals surface area contributed by atoms with Crippen LogP contribution in [-0.2, 0) is 4.74 Å². The summed E-state index contributed by atoms with van der Waals surface area (Å²) in [6, 6.07) is 14.6. The van der Waals surface area contributed by atoms with Gasteiger partial charge in [-0.2, -0.15) is 0 Å². The maximum absolute atomic E-state index is 11.8. The number of nitrogens with one attached hydrogen (secondary N) is 2. The number of hydrogen-bond donors (Lipinski definition) is 2. The molecule has 0 aromatic heterocycles. The first kappa shape index (κ1) is 18.7. The smallest absolute Gasteiger partial charge is 0.338 e. The van der Waals surface area contributed by atoms with Crippen LogP contribution in [0.25, 0.3) is 0 Å². The van der Waals surface area contributed by atoms with Crippen molar-refractivity contribution in [3.05, 3.63) is 54.1 Å². The number of para-hydroxylation sites is 2. The highest BCUT2D eigenvalue weighted by atomic mass is 32.1. The molecule has 0 radical (unpaired) electrons. The Morgan fingerprint density at radius 2 is 1.76 bits per heavy atom. The summed E-state index contributed by atoms with van der Waals surface area (Å²) in [5.41, 5.74) is 2.08. The van der Waals surface area contributed by atoms with Gasteiger partial charge < -0.3 is 20.1 Å². The molecule has 25 heavy (non-hydrogen) atoms. The molecule has 2 aromatic rings. The van der Waals surface area contributed by atoms with Gasteiger partial charge in [0.25, 0.3) is 0 Å². The largest absolute Gasteiger partial charge is 0.492 e. The summed E-state index contributed by atoms with van der Waals surface area (Å²) in [7, 11) is 0. The van der Waals surface area contributed by atoms with Gasteiger partial charge in [-0.25, -0.2) is 4.79 Å². The van der Waals surface area contributed by atoms with E-state index in [4.69, 9.17) is 21.7 Å². The van der Waals surface area contributed by atoms with Crippen molar-refractivity contribution in [3.8, 4) is 5.75 Å². The van der Waals surface area contributed by atoms with E-state index in [2.05, 4.69) is 10.6 Å². The molecule has 2 aromatic carbocycles. The molecule has 0 aliphatic heterocycles. The van der Waals surface area contributed by atoms with Gasteiger partial charge >= 0.3 is 5.97 Å². The van der Waals surface area contributed by atoms with Gasteiger partial charge in [-0.3, -0.25) is 0 Å². The minimum absolute atomic E-state index is 0.320. The lowest BCUT2D eigenvalue weighted by atomic mass is 10.2. The SMILES string of the molecule is CCCOC(=O)c1ccc(NC(=S)Nc2ccccc2OCC)cc1. The van der Waals surface area contributed by atoms with Crippen molar-refractivity contribution in [3.63, 3.8) is 0 Å². The normalized spacial score (nSPS) is 10.0. The second kappa shape index (κ2) is 9.64. The predicted molar refractivity (Wildman–Crippen MR) is 104 cm³/mol. The maximum atomic E-state index is 11.8. The average Bonchev–Trinajstić information content (AvgIpc) is 2.62. The van der Waals surface area contributed by atoms with E-state index in [1.807, 2.05) is 38.1 Å². The monoisotopic (exact) mass is 358 g/mol. The van der Waals surface area contributed by atoms with Gasteiger partial charge in [0.05, 0.1) is 24.5 Å². The molecule has 0 aliphatic carbocycles. The lowest BCUT2D eigenvalue weighted by Gasteiger charge is -2.14. The Morgan fingerprint density at radius 1 is 1.04 bits per heavy atom. The molecule has 0 unspecified atom stereocenters. The van der Waals surface area contributed by atoms with Crippen LogP contribution in [0, 0.1) is 0 Å². The van der Waals surface area contributed by atoms with Crippen LogP contribution in [0.2, 0.25) is 0 Å². The molecule has 0 bridgehead atoms. The first-order chi connectivity index (χ1) is 12.1. The van der Waals surface area contributed by atoms with Gasteiger partial charge in [0, 0.05) is 5.69 Å². The topological polar surface area (TPSA) is 59.6 Å².